The summed E-state index contributed by atoms with van der Waals surface area (Å²) >= 11 is 0. The Hall–Kier alpha value is -1.67. The van der Waals surface area contributed by atoms with Gasteiger partial charge < -0.3 is 5.11 Å². The zero-order valence-electron chi connectivity index (χ0n) is 6.84. The number of hydrogen-bond donors (Lipinski definition) is 3. The molecule has 8 heteroatoms. The van der Waals surface area contributed by atoms with Gasteiger partial charge in [-0.2, -0.15) is 8.42 Å². The molecule has 0 unspecified atom stereocenters. The lowest BCUT2D eigenvalue weighted by molar-refractivity contribution is 0.0697. The third kappa shape index (κ3) is 2.68. The summed E-state index contributed by atoms with van der Waals surface area (Å²) in [6, 6.07) is 2.58. The summed E-state index contributed by atoms with van der Waals surface area (Å²) in [5.74, 6) is -1.59. The number of aromatic carboxylic acids is 1. The van der Waals surface area contributed by atoms with E-state index in [4.69, 9.17) is 5.11 Å². The van der Waals surface area contributed by atoms with Gasteiger partial charge in [0.05, 0.1) is 0 Å². The molecule has 0 bridgehead atoms. The summed E-state index contributed by atoms with van der Waals surface area (Å²) < 4.78 is 23.0. The number of hydrogen-bond acceptors (Lipinski definition) is 4. The predicted octanol–water partition coefficient (Wildman–Crippen LogP) is -0.605. The Morgan fingerprint density at radius 2 is 2.21 bits per heavy atom. The van der Waals surface area contributed by atoms with E-state index in [1.54, 1.807) is 4.72 Å². The van der Waals surface area contributed by atoms with Crippen molar-refractivity contribution in [3.63, 3.8) is 0 Å². The lowest BCUT2D eigenvalue weighted by atomic mass is 10.3. The number of carbonyl (C=O) groups is 1. The highest BCUT2D eigenvalue weighted by Gasteiger charge is 2.13. The van der Waals surface area contributed by atoms with Gasteiger partial charge in [0.2, 0.25) is 0 Å². The molecular weight excluding hydrogens is 210 g/mol. The molecule has 0 spiro atoms. The second-order valence-electron chi connectivity index (χ2n) is 2.35. The number of nitrogens with two attached hydrogens (primary N) is 1. The summed E-state index contributed by atoms with van der Waals surface area (Å²) in [5, 5.41) is 13.3. The van der Waals surface area contributed by atoms with Gasteiger partial charge >= 0.3 is 5.97 Å². The summed E-state index contributed by atoms with van der Waals surface area (Å²) in [7, 11) is -4.01. The number of nitrogens with zero attached hydrogens (tertiary/aromatic N) is 1. The van der Waals surface area contributed by atoms with Crippen LogP contribution >= 0.6 is 0 Å². The van der Waals surface area contributed by atoms with Crippen LogP contribution in [-0.4, -0.2) is 24.5 Å². The van der Waals surface area contributed by atoms with E-state index >= 15 is 0 Å². The fraction of sp³-hybridized carbons (Fsp3) is 0. The van der Waals surface area contributed by atoms with Crippen LogP contribution in [0.3, 0.4) is 0 Å². The van der Waals surface area contributed by atoms with Crippen molar-refractivity contribution >= 4 is 22.0 Å². The molecule has 0 aliphatic carbocycles. The van der Waals surface area contributed by atoms with Crippen molar-refractivity contribution < 1.29 is 18.3 Å². The van der Waals surface area contributed by atoms with Crippen molar-refractivity contribution in [3.8, 4) is 0 Å². The van der Waals surface area contributed by atoms with Gasteiger partial charge in [0.25, 0.3) is 10.2 Å². The number of anilines is 1. The second-order valence-corrected chi connectivity index (χ2v) is 3.65. The molecule has 0 fully saturated rings. The third-order valence-electron chi connectivity index (χ3n) is 1.28. The van der Waals surface area contributed by atoms with E-state index in [2.05, 4.69) is 10.1 Å². The van der Waals surface area contributed by atoms with E-state index in [0.717, 1.165) is 0 Å². The fourth-order valence-electron chi connectivity index (χ4n) is 0.794. The lowest BCUT2D eigenvalue weighted by Gasteiger charge is -2.04. The molecule has 4 N–H and O–H groups in total. The number of nitrogens with one attached hydrogen (secondary N) is 1. The van der Waals surface area contributed by atoms with E-state index in [1.807, 2.05) is 0 Å². The molecule has 0 aliphatic heterocycles. The van der Waals surface area contributed by atoms with Crippen molar-refractivity contribution in [2.45, 2.75) is 0 Å². The van der Waals surface area contributed by atoms with Gasteiger partial charge in [0.1, 0.15) is 5.56 Å². The SMILES string of the molecule is NS(=O)(=O)Nc1ncccc1C(=O)O. The molecule has 1 aromatic heterocycles. The van der Waals surface area contributed by atoms with Crippen LogP contribution in [0.1, 0.15) is 10.4 Å². The first-order chi connectivity index (χ1) is 6.40. The van der Waals surface area contributed by atoms with Gasteiger partial charge in [-0.05, 0) is 12.1 Å². The number of pyridine rings is 1. The Kier molecular flexibility index (Phi) is 2.68. The van der Waals surface area contributed by atoms with E-state index < -0.39 is 16.2 Å². The zero-order chi connectivity index (χ0) is 10.8. The van der Waals surface area contributed by atoms with Gasteiger partial charge in [-0.1, -0.05) is 0 Å². The minimum atomic E-state index is -4.01. The maximum Gasteiger partial charge on any atom is 0.339 e. The average molecular weight is 217 g/mol. The summed E-state index contributed by atoms with van der Waals surface area (Å²) in [6.45, 7) is 0. The predicted molar refractivity (Wildman–Crippen MR) is 47.9 cm³/mol. The molecule has 0 aromatic carbocycles. The number of carboxylic acids is 1. The van der Waals surface area contributed by atoms with Crippen LogP contribution in [-0.2, 0) is 10.2 Å². The molecule has 14 heavy (non-hydrogen) atoms. The van der Waals surface area contributed by atoms with Crippen LogP contribution in [0.2, 0.25) is 0 Å². The van der Waals surface area contributed by atoms with Crippen LogP contribution < -0.4 is 9.86 Å². The maximum atomic E-state index is 10.6. The molecule has 7 nitrogen and oxygen atoms in total. The Bertz CT molecular complexity index is 456. The number of aromatic nitrogens is 1. The Labute approximate surface area is 79.8 Å². The zero-order valence-corrected chi connectivity index (χ0v) is 7.65. The van der Waals surface area contributed by atoms with Crippen LogP contribution in [0.5, 0.6) is 0 Å². The molecule has 1 aromatic rings. The maximum absolute atomic E-state index is 10.6. The second kappa shape index (κ2) is 3.60. The first-order valence-corrected chi connectivity index (χ1v) is 4.93. The fourth-order valence-corrected chi connectivity index (χ4v) is 1.23. The molecule has 0 atom stereocenters. The van der Waals surface area contributed by atoms with Gasteiger partial charge in [0.15, 0.2) is 5.82 Å². The van der Waals surface area contributed by atoms with Crippen LogP contribution in [0.25, 0.3) is 0 Å². The van der Waals surface area contributed by atoms with Crippen LogP contribution in [0.15, 0.2) is 18.3 Å². The highest BCUT2D eigenvalue weighted by Crippen LogP contribution is 2.11. The molecule has 0 aliphatic rings. The van der Waals surface area contributed by atoms with E-state index in [9.17, 15) is 13.2 Å². The van der Waals surface area contributed by atoms with Crippen molar-refractivity contribution in [3.05, 3.63) is 23.9 Å². The van der Waals surface area contributed by atoms with Gasteiger partial charge in [-0.25, -0.2) is 14.9 Å². The molecule has 0 amide bonds. The lowest BCUT2D eigenvalue weighted by Crippen LogP contribution is -2.23. The standard InChI is InChI=1S/C6H7N3O4S/c7-14(12,13)9-5-4(6(10)11)2-1-3-8-5/h1-3H,(H,8,9)(H,10,11)(H2,7,12,13). The molecule has 76 valence electrons. The summed E-state index contributed by atoms with van der Waals surface area (Å²) in [5.41, 5.74) is -0.262. The van der Waals surface area contributed by atoms with E-state index in [0.29, 0.717) is 0 Å². The highest BCUT2D eigenvalue weighted by molar-refractivity contribution is 7.90. The first-order valence-electron chi connectivity index (χ1n) is 3.39. The Morgan fingerprint density at radius 3 is 2.71 bits per heavy atom. The molecule has 1 heterocycles. The van der Waals surface area contributed by atoms with Gasteiger partial charge in [-0.3, -0.25) is 4.72 Å². The normalized spacial score (nSPS) is 10.9. The van der Waals surface area contributed by atoms with Crippen molar-refractivity contribution in [2.24, 2.45) is 5.14 Å². The molecular formula is C6H7N3O4S. The Morgan fingerprint density at radius 1 is 1.57 bits per heavy atom. The van der Waals surface area contributed by atoms with Crippen LogP contribution in [0.4, 0.5) is 5.82 Å². The highest BCUT2D eigenvalue weighted by atomic mass is 32.2. The van der Waals surface area contributed by atoms with Crippen molar-refractivity contribution in [1.82, 2.24) is 4.98 Å². The summed E-state index contributed by atoms with van der Waals surface area (Å²) in [4.78, 5) is 14.1. The van der Waals surface area contributed by atoms with Gasteiger partial charge in [0, 0.05) is 6.20 Å². The first kappa shape index (κ1) is 10.4. The van der Waals surface area contributed by atoms with Crippen LogP contribution in [0, 0.1) is 0 Å². The minimum Gasteiger partial charge on any atom is -0.478 e. The topological polar surface area (TPSA) is 122 Å². The van der Waals surface area contributed by atoms with Crippen molar-refractivity contribution in [1.29, 1.82) is 0 Å². The minimum absolute atomic E-state index is 0.262. The quantitative estimate of drug-likeness (QED) is 0.623. The third-order valence-corrected chi connectivity index (χ3v) is 1.75. The molecule has 0 radical (unpaired) electrons. The van der Waals surface area contributed by atoms with Crippen molar-refractivity contribution in [2.75, 3.05) is 4.72 Å². The van der Waals surface area contributed by atoms with E-state index in [1.165, 1.54) is 18.3 Å². The summed E-state index contributed by atoms with van der Waals surface area (Å²) in [6.07, 6.45) is 1.25. The molecule has 0 saturated carbocycles. The molecule has 0 saturated heterocycles. The van der Waals surface area contributed by atoms with Gasteiger partial charge in [-0.15, -0.1) is 0 Å². The number of rotatable bonds is 3. The van der Waals surface area contributed by atoms with E-state index in [-0.39, 0.29) is 11.4 Å². The molecule has 1 rings (SSSR count). The smallest absolute Gasteiger partial charge is 0.339 e. The Balaban J connectivity index is 3.15. The largest absolute Gasteiger partial charge is 0.478 e. The number of carboxylic acid groups (broad SMARTS) is 1. The average Bonchev–Trinajstić information content (AvgIpc) is 2.01. The monoisotopic (exact) mass is 217 g/mol.